The van der Waals surface area contributed by atoms with Crippen LogP contribution < -0.4 is 5.32 Å². The number of nitrogens with zero attached hydrogens (tertiary/aromatic N) is 3. The second kappa shape index (κ2) is 8.39. The molecule has 3 fully saturated rings. The first-order valence-corrected chi connectivity index (χ1v) is 10.1. The Hall–Kier alpha value is -1.93. The van der Waals surface area contributed by atoms with Crippen LogP contribution in [0.4, 0.5) is 0 Å². The minimum absolute atomic E-state index is 0.0616. The molecule has 0 unspecified atom stereocenters. The minimum atomic E-state index is -0.206. The number of hydrogen-bond donors (Lipinski definition) is 2. The molecule has 1 saturated carbocycles. The van der Waals surface area contributed by atoms with Crippen LogP contribution in [0.15, 0.2) is 12.3 Å². The predicted octanol–water partition coefficient (Wildman–Crippen LogP) is 0.489. The molecule has 0 radical (unpaired) electrons. The lowest BCUT2D eigenvalue weighted by atomic mass is 9.95. The monoisotopic (exact) mass is 375 g/mol. The van der Waals surface area contributed by atoms with E-state index in [0.29, 0.717) is 24.7 Å². The Morgan fingerprint density at radius 1 is 1.22 bits per heavy atom. The van der Waals surface area contributed by atoms with Crippen LogP contribution in [0.3, 0.4) is 0 Å². The standard InChI is InChI=1S/C19H29N5O3/c25-18-13-27-16(9-20-19(26)17-3-6-21-22-17)12-24(18)11-15-4-7-23(8-5-15)10-14-1-2-14/h3,6,14-16H,1-2,4-5,7-13H2,(H,20,26)(H,21,22)/t16-/m0/s1. The van der Waals surface area contributed by atoms with Gasteiger partial charge >= 0.3 is 0 Å². The SMILES string of the molecule is O=C(NC[C@H]1CN(CC2CCN(CC3CC3)CC2)C(=O)CO1)c1ccn[nH]1. The molecule has 0 spiro atoms. The van der Waals surface area contributed by atoms with Gasteiger partial charge in [-0.1, -0.05) is 0 Å². The predicted molar refractivity (Wildman–Crippen MR) is 99.1 cm³/mol. The summed E-state index contributed by atoms with van der Waals surface area (Å²) in [5.41, 5.74) is 0.427. The first-order valence-electron chi connectivity index (χ1n) is 10.1. The number of likely N-dealkylation sites (tertiary alicyclic amines) is 1. The smallest absolute Gasteiger partial charge is 0.269 e. The topological polar surface area (TPSA) is 90.6 Å². The summed E-state index contributed by atoms with van der Waals surface area (Å²) in [5, 5.41) is 9.26. The lowest BCUT2D eigenvalue weighted by Gasteiger charge is -2.38. The Morgan fingerprint density at radius 3 is 2.70 bits per heavy atom. The average molecular weight is 375 g/mol. The molecule has 1 aliphatic carbocycles. The molecular formula is C19H29N5O3. The van der Waals surface area contributed by atoms with Crippen molar-refractivity contribution in [3.63, 3.8) is 0 Å². The van der Waals surface area contributed by atoms with Gasteiger partial charge in [0, 0.05) is 32.4 Å². The van der Waals surface area contributed by atoms with E-state index in [9.17, 15) is 9.59 Å². The van der Waals surface area contributed by atoms with Gasteiger partial charge in [0.2, 0.25) is 5.91 Å². The van der Waals surface area contributed by atoms with Gasteiger partial charge in [0.25, 0.3) is 5.91 Å². The Kier molecular flexibility index (Phi) is 5.73. The number of carbonyl (C=O) groups is 2. The van der Waals surface area contributed by atoms with Crippen molar-refractivity contribution in [3.8, 4) is 0 Å². The third-order valence-electron chi connectivity index (χ3n) is 5.85. The van der Waals surface area contributed by atoms with Crippen LogP contribution in [0, 0.1) is 11.8 Å². The summed E-state index contributed by atoms with van der Waals surface area (Å²) in [6, 6.07) is 1.63. The minimum Gasteiger partial charge on any atom is -0.365 e. The van der Waals surface area contributed by atoms with Crippen LogP contribution in [0.5, 0.6) is 0 Å². The quantitative estimate of drug-likeness (QED) is 0.724. The summed E-state index contributed by atoms with van der Waals surface area (Å²) in [4.78, 5) is 28.8. The third kappa shape index (κ3) is 5.07. The molecule has 2 N–H and O–H groups in total. The molecule has 8 heteroatoms. The van der Waals surface area contributed by atoms with E-state index in [-0.39, 0.29) is 24.5 Å². The molecule has 3 aliphatic rings. The van der Waals surface area contributed by atoms with Gasteiger partial charge < -0.3 is 19.9 Å². The highest BCUT2D eigenvalue weighted by atomic mass is 16.5. The zero-order chi connectivity index (χ0) is 18.6. The number of nitrogens with one attached hydrogen (secondary N) is 2. The highest BCUT2D eigenvalue weighted by Gasteiger charge is 2.31. The zero-order valence-corrected chi connectivity index (χ0v) is 15.7. The van der Waals surface area contributed by atoms with E-state index in [0.717, 1.165) is 25.6 Å². The molecule has 2 saturated heterocycles. The van der Waals surface area contributed by atoms with E-state index in [1.807, 2.05) is 4.90 Å². The fourth-order valence-corrected chi connectivity index (χ4v) is 3.99. The van der Waals surface area contributed by atoms with Gasteiger partial charge in [-0.3, -0.25) is 14.7 Å². The van der Waals surface area contributed by atoms with Gasteiger partial charge in [-0.15, -0.1) is 0 Å². The number of rotatable bonds is 7. The fraction of sp³-hybridized carbons (Fsp3) is 0.737. The molecule has 2 amide bonds. The molecule has 1 aromatic rings. The lowest BCUT2D eigenvalue weighted by Crippen LogP contribution is -2.52. The lowest BCUT2D eigenvalue weighted by molar-refractivity contribution is -0.149. The number of aromatic nitrogens is 2. The molecule has 1 atom stereocenters. The number of hydrogen-bond acceptors (Lipinski definition) is 5. The number of piperidine rings is 1. The normalized spacial score (nSPS) is 25.0. The van der Waals surface area contributed by atoms with Crippen molar-refractivity contribution in [2.24, 2.45) is 11.8 Å². The number of aromatic amines is 1. The van der Waals surface area contributed by atoms with Gasteiger partial charge in [0.05, 0.1) is 6.10 Å². The Balaban J connectivity index is 1.20. The number of amides is 2. The zero-order valence-electron chi connectivity index (χ0n) is 15.7. The summed E-state index contributed by atoms with van der Waals surface area (Å²) in [6.07, 6.45) is 6.52. The average Bonchev–Trinajstić information content (AvgIpc) is 3.31. The Morgan fingerprint density at radius 2 is 2.00 bits per heavy atom. The molecule has 1 aromatic heterocycles. The van der Waals surface area contributed by atoms with Crippen LogP contribution in [-0.4, -0.2) is 83.8 Å². The molecule has 4 rings (SSSR count). The van der Waals surface area contributed by atoms with Gasteiger partial charge in [0.1, 0.15) is 12.3 Å². The maximum atomic E-state index is 12.2. The van der Waals surface area contributed by atoms with Crippen molar-refractivity contribution in [3.05, 3.63) is 18.0 Å². The van der Waals surface area contributed by atoms with E-state index < -0.39 is 0 Å². The second-order valence-corrected chi connectivity index (χ2v) is 8.10. The molecule has 3 heterocycles. The molecule has 8 nitrogen and oxygen atoms in total. The van der Waals surface area contributed by atoms with E-state index in [1.54, 1.807) is 12.3 Å². The van der Waals surface area contributed by atoms with Crippen molar-refractivity contribution in [2.75, 3.05) is 45.9 Å². The Labute approximate surface area is 159 Å². The maximum Gasteiger partial charge on any atom is 0.269 e. The van der Waals surface area contributed by atoms with Gasteiger partial charge in [-0.25, -0.2) is 0 Å². The van der Waals surface area contributed by atoms with Crippen LogP contribution >= 0.6 is 0 Å². The Bertz CT molecular complexity index is 638. The van der Waals surface area contributed by atoms with E-state index in [4.69, 9.17) is 4.74 Å². The number of ether oxygens (including phenoxy) is 1. The molecule has 2 aliphatic heterocycles. The first-order chi connectivity index (χ1) is 13.2. The summed E-state index contributed by atoms with van der Waals surface area (Å²) in [6.45, 7) is 5.43. The molecule has 27 heavy (non-hydrogen) atoms. The van der Waals surface area contributed by atoms with Crippen molar-refractivity contribution in [1.82, 2.24) is 25.3 Å². The van der Waals surface area contributed by atoms with Crippen LogP contribution in [0.1, 0.15) is 36.2 Å². The number of carbonyl (C=O) groups excluding carboxylic acids is 2. The molecule has 0 bridgehead atoms. The van der Waals surface area contributed by atoms with E-state index in [2.05, 4.69) is 20.4 Å². The van der Waals surface area contributed by atoms with E-state index >= 15 is 0 Å². The van der Waals surface area contributed by atoms with Crippen molar-refractivity contribution < 1.29 is 14.3 Å². The van der Waals surface area contributed by atoms with Crippen molar-refractivity contribution >= 4 is 11.8 Å². The van der Waals surface area contributed by atoms with Crippen LogP contribution in [0.2, 0.25) is 0 Å². The van der Waals surface area contributed by atoms with E-state index in [1.165, 1.54) is 32.2 Å². The summed E-state index contributed by atoms with van der Waals surface area (Å²) in [7, 11) is 0. The van der Waals surface area contributed by atoms with Gasteiger partial charge in [-0.05, 0) is 56.7 Å². The summed E-state index contributed by atoms with van der Waals surface area (Å²) >= 11 is 0. The van der Waals surface area contributed by atoms with Crippen molar-refractivity contribution in [1.29, 1.82) is 0 Å². The van der Waals surface area contributed by atoms with Crippen LogP contribution in [-0.2, 0) is 9.53 Å². The van der Waals surface area contributed by atoms with Gasteiger partial charge in [-0.2, -0.15) is 5.10 Å². The maximum absolute atomic E-state index is 12.2. The second-order valence-electron chi connectivity index (χ2n) is 8.10. The fourth-order valence-electron chi connectivity index (χ4n) is 3.99. The summed E-state index contributed by atoms with van der Waals surface area (Å²) < 4.78 is 5.61. The largest absolute Gasteiger partial charge is 0.365 e. The molecule has 148 valence electrons. The molecular weight excluding hydrogens is 346 g/mol. The first kappa shape index (κ1) is 18.4. The third-order valence-corrected chi connectivity index (χ3v) is 5.85. The summed E-state index contributed by atoms with van der Waals surface area (Å²) in [5.74, 6) is 1.37. The van der Waals surface area contributed by atoms with Gasteiger partial charge in [0.15, 0.2) is 0 Å². The highest BCUT2D eigenvalue weighted by molar-refractivity contribution is 5.92. The molecule has 0 aromatic carbocycles. The number of H-pyrrole nitrogens is 1. The number of morpholine rings is 1. The van der Waals surface area contributed by atoms with Crippen LogP contribution in [0.25, 0.3) is 0 Å². The highest BCUT2D eigenvalue weighted by Crippen LogP contribution is 2.31. The van der Waals surface area contributed by atoms with Crippen molar-refractivity contribution in [2.45, 2.75) is 31.8 Å².